The predicted molar refractivity (Wildman–Crippen MR) is 126 cm³/mol. The van der Waals surface area contributed by atoms with Gasteiger partial charge in [-0.25, -0.2) is 9.78 Å². The van der Waals surface area contributed by atoms with Gasteiger partial charge in [0.2, 0.25) is 5.82 Å². The second-order valence-electron chi connectivity index (χ2n) is 7.54. The smallest absolute Gasteiger partial charge is 0.335 e. The number of nitrogens with zero attached hydrogens (tertiary/aromatic N) is 5. The molecule has 7 heteroatoms. The number of pyridine rings is 1. The SMILES string of the molecule is O=C(O)c1cccc(Cn2nnc(-c3cccc(/C=C/c4ccc5ccccc5n4)c3)n2)c1. The minimum Gasteiger partial charge on any atom is -0.478 e. The number of hydrogen-bond donors (Lipinski definition) is 1. The maximum Gasteiger partial charge on any atom is 0.335 e. The Kier molecular flexibility index (Phi) is 5.43. The van der Waals surface area contributed by atoms with Gasteiger partial charge in [0, 0.05) is 10.9 Å². The Morgan fingerprint density at radius 2 is 1.79 bits per heavy atom. The van der Waals surface area contributed by atoms with Crippen LogP contribution in [0.4, 0.5) is 0 Å². The largest absolute Gasteiger partial charge is 0.478 e. The fraction of sp³-hybridized carbons (Fsp3) is 0.0385. The normalized spacial score (nSPS) is 11.3. The Bertz CT molecular complexity index is 1490. The van der Waals surface area contributed by atoms with Crippen LogP contribution in [0, 0.1) is 0 Å². The number of aromatic nitrogens is 5. The number of aromatic carboxylic acids is 1. The molecule has 0 aliphatic carbocycles. The Hall–Kier alpha value is -4.65. The highest BCUT2D eigenvalue weighted by Gasteiger charge is 2.08. The number of benzene rings is 3. The molecular formula is C26H19N5O2. The second kappa shape index (κ2) is 8.84. The van der Waals surface area contributed by atoms with Gasteiger partial charge in [-0.05, 0) is 52.7 Å². The molecule has 2 heterocycles. The molecule has 0 aliphatic rings. The van der Waals surface area contributed by atoms with Crippen molar-refractivity contribution < 1.29 is 9.90 Å². The van der Waals surface area contributed by atoms with Gasteiger partial charge in [-0.2, -0.15) is 4.80 Å². The predicted octanol–water partition coefficient (Wildman–Crippen LogP) is 4.81. The van der Waals surface area contributed by atoms with E-state index in [0.29, 0.717) is 12.4 Å². The van der Waals surface area contributed by atoms with Crippen LogP contribution in [0.3, 0.4) is 0 Å². The van der Waals surface area contributed by atoms with Crippen molar-refractivity contribution >= 4 is 29.0 Å². The maximum atomic E-state index is 11.2. The molecule has 0 unspecified atom stereocenters. The summed E-state index contributed by atoms with van der Waals surface area (Å²) in [6.45, 7) is 0.335. The van der Waals surface area contributed by atoms with Crippen LogP contribution in [0.5, 0.6) is 0 Å². The number of rotatable bonds is 6. The van der Waals surface area contributed by atoms with Crippen LogP contribution in [0.2, 0.25) is 0 Å². The van der Waals surface area contributed by atoms with Gasteiger partial charge in [0.15, 0.2) is 0 Å². The zero-order valence-electron chi connectivity index (χ0n) is 17.5. The van der Waals surface area contributed by atoms with Gasteiger partial charge in [0.1, 0.15) is 0 Å². The first-order valence-electron chi connectivity index (χ1n) is 10.4. The highest BCUT2D eigenvalue weighted by atomic mass is 16.4. The summed E-state index contributed by atoms with van der Waals surface area (Å²) >= 11 is 0. The topological polar surface area (TPSA) is 93.8 Å². The van der Waals surface area contributed by atoms with E-state index in [4.69, 9.17) is 5.11 Å². The van der Waals surface area contributed by atoms with Crippen LogP contribution in [0.15, 0.2) is 84.9 Å². The van der Waals surface area contributed by atoms with Crippen molar-refractivity contribution in [1.29, 1.82) is 0 Å². The van der Waals surface area contributed by atoms with E-state index in [9.17, 15) is 4.79 Å². The Morgan fingerprint density at radius 1 is 0.909 bits per heavy atom. The Morgan fingerprint density at radius 3 is 2.70 bits per heavy atom. The van der Waals surface area contributed by atoms with E-state index in [1.807, 2.05) is 72.8 Å². The average molecular weight is 433 g/mol. The van der Waals surface area contributed by atoms with Gasteiger partial charge < -0.3 is 5.11 Å². The van der Waals surface area contributed by atoms with Crippen molar-refractivity contribution in [2.75, 3.05) is 0 Å². The van der Waals surface area contributed by atoms with Gasteiger partial charge in [0.25, 0.3) is 0 Å². The molecule has 160 valence electrons. The first-order chi connectivity index (χ1) is 16.1. The lowest BCUT2D eigenvalue weighted by atomic mass is 10.1. The van der Waals surface area contributed by atoms with Gasteiger partial charge in [-0.15, -0.1) is 10.2 Å². The minimum atomic E-state index is -0.965. The summed E-state index contributed by atoms with van der Waals surface area (Å²) in [6, 6.07) is 26.7. The van der Waals surface area contributed by atoms with E-state index in [1.54, 1.807) is 18.2 Å². The van der Waals surface area contributed by atoms with E-state index in [2.05, 4.69) is 26.5 Å². The molecule has 7 nitrogen and oxygen atoms in total. The van der Waals surface area contributed by atoms with Crippen LogP contribution >= 0.6 is 0 Å². The number of carboxylic acid groups (broad SMARTS) is 1. The van der Waals surface area contributed by atoms with Crippen molar-refractivity contribution in [1.82, 2.24) is 25.2 Å². The highest BCUT2D eigenvalue weighted by molar-refractivity contribution is 5.87. The molecule has 0 spiro atoms. The van der Waals surface area contributed by atoms with Gasteiger partial charge in [0.05, 0.1) is 23.3 Å². The third-order valence-corrected chi connectivity index (χ3v) is 5.16. The molecule has 0 radical (unpaired) electrons. The molecular weight excluding hydrogens is 414 g/mol. The second-order valence-corrected chi connectivity index (χ2v) is 7.54. The van der Waals surface area contributed by atoms with E-state index in [1.165, 1.54) is 4.80 Å². The summed E-state index contributed by atoms with van der Waals surface area (Å²) in [5.74, 6) is -0.462. The standard InChI is InChI=1S/C26H19N5O2/c32-26(33)22-9-4-6-19(16-22)17-31-29-25(28-30-31)21-8-3-5-18(15-21)11-13-23-14-12-20-7-1-2-10-24(20)27-23/h1-16H,17H2,(H,32,33)/b13-11+. The Labute approximate surface area is 189 Å². The lowest BCUT2D eigenvalue weighted by Crippen LogP contribution is -2.05. The quantitative estimate of drug-likeness (QED) is 0.413. The molecule has 3 aromatic carbocycles. The monoisotopic (exact) mass is 433 g/mol. The van der Waals surface area contributed by atoms with Crippen LogP contribution in [0.25, 0.3) is 34.4 Å². The maximum absolute atomic E-state index is 11.2. The highest BCUT2D eigenvalue weighted by Crippen LogP contribution is 2.18. The fourth-order valence-electron chi connectivity index (χ4n) is 3.53. The summed E-state index contributed by atoms with van der Waals surface area (Å²) in [5, 5.41) is 23.0. The molecule has 1 N–H and O–H groups in total. The van der Waals surface area contributed by atoms with E-state index >= 15 is 0 Å². The molecule has 5 rings (SSSR count). The average Bonchev–Trinajstić information content (AvgIpc) is 3.31. The number of fused-ring (bicyclic) bond motifs is 1. The van der Waals surface area contributed by atoms with Crippen LogP contribution in [0.1, 0.15) is 27.2 Å². The number of para-hydroxylation sites is 1. The summed E-state index contributed by atoms with van der Waals surface area (Å²) in [5.41, 5.74) is 4.70. The molecule has 0 bridgehead atoms. The zero-order valence-corrected chi connectivity index (χ0v) is 17.5. The van der Waals surface area contributed by atoms with Crippen molar-refractivity contribution in [3.05, 3.63) is 107 Å². The van der Waals surface area contributed by atoms with Crippen molar-refractivity contribution in [3.63, 3.8) is 0 Å². The lowest BCUT2D eigenvalue weighted by molar-refractivity contribution is 0.0696. The number of hydrogen-bond acceptors (Lipinski definition) is 5. The number of tetrazole rings is 1. The van der Waals surface area contributed by atoms with Crippen LogP contribution < -0.4 is 0 Å². The molecule has 0 aliphatic heterocycles. The van der Waals surface area contributed by atoms with Crippen molar-refractivity contribution in [2.45, 2.75) is 6.54 Å². The van der Waals surface area contributed by atoms with Crippen LogP contribution in [-0.4, -0.2) is 36.3 Å². The first kappa shape index (κ1) is 20.3. The van der Waals surface area contributed by atoms with E-state index in [-0.39, 0.29) is 5.56 Å². The molecule has 0 fully saturated rings. The summed E-state index contributed by atoms with van der Waals surface area (Å²) in [7, 11) is 0. The molecule has 33 heavy (non-hydrogen) atoms. The van der Waals surface area contributed by atoms with Crippen molar-refractivity contribution in [2.24, 2.45) is 0 Å². The number of carbonyl (C=O) groups is 1. The van der Waals surface area contributed by atoms with E-state index in [0.717, 1.165) is 33.3 Å². The van der Waals surface area contributed by atoms with Crippen molar-refractivity contribution in [3.8, 4) is 11.4 Å². The van der Waals surface area contributed by atoms with Gasteiger partial charge in [-0.3, -0.25) is 0 Å². The molecule has 0 atom stereocenters. The van der Waals surface area contributed by atoms with E-state index < -0.39 is 5.97 Å². The minimum absolute atomic E-state index is 0.230. The third-order valence-electron chi connectivity index (χ3n) is 5.16. The molecule has 0 saturated heterocycles. The molecule has 0 amide bonds. The number of carboxylic acids is 1. The lowest BCUT2D eigenvalue weighted by Gasteiger charge is -2.01. The fourth-order valence-corrected chi connectivity index (χ4v) is 3.53. The molecule has 0 saturated carbocycles. The summed E-state index contributed by atoms with van der Waals surface area (Å²) < 4.78 is 0. The third kappa shape index (κ3) is 4.67. The zero-order chi connectivity index (χ0) is 22.6. The summed E-state index contributed by atoms with van der Waals surface area (Å²) in [4.78, 5) is 17.3. The first-order valence-corrected chi connectivity index (χ1v) is 10.4. The van der Waals surface area contributed by atoms with Crippen LogP contribution in [-0.2, 0) is 6.54 Å². The van der Waals surface area contributed by atoms with Gasteiger partial charge in [-0.1, -0.05) is 60.7 Å². The molecule has 5 aromatic rings. The molecule has 2 aromatic heterocycles. The summed E-state index contributed by atoms with van der Waals surface area (Å²) in [6.07, 6.45) is 3.98. The van der Waals surface area contributed by atoms with Gasteiger partial charge >= 0.3 is 5.97 Å². The Balaban J connectivity index is 1.34.